The Labute approximate surface area is 99.5 Å². The molecule has 1 atom stereocenters. The van der Waals surface area contributed by atoms with Crippen LogP contribution in [0.4, 0.5) is 5.82 Å². The molecule has 0 radical (unpaired) electrons. The molecule has 1 aromatic heterocycles. The van der Waals surface area contributed by atoms with Crippen molar-refractivity contribution in [2.24, 2.45) is 5.73 Å². The minimum Gasteiger partial charge on any atom is -0.369 e. The Morgan fingerprint density at radius 1 is 1.53 bits per heavy atom. The molecule has 0 spiro atoms. The Bertz CT molecular complexity index is 385. The van der Waals surface area contributed by atoms with Crippen LogP contribution in [-0.4, -0.2) is 27.0 Å². The number of nitrogens with zero attached hydrogens (tertiary/aromatic N) is 2. The van der Waals surface area contributed by atoms with E-state index in [0.29, 0.717) is 16.7 Å². The van der Waals surface area contributed by atoms with E-state index in [9.17, 15) is 4.21 Å². The first-order chi connectivity index (χ1) is 7.10. The highest BCUT2D eigenvalue weighted by molar-refractivity contribution is 9.10. The van der Waals surface area contributed by atoms with Crippen molar-refractivity contribution in [3.63, 3.8) is 0 Å². The van der Waals surface area contributed by atoms with Crippen LogP contribution in [0.15, 0.2) is 9.63 Å². The molecule has 0 fully saturated rings. The van der Waals surface area contributed by atoms with E-state index in [1.807, 2.05) is 6.92 Å². The minimum atomic E-state index is -1.20. The van der Waals surface area contributed by atoms with Crippen LogP contribution in [0.1, 0.15) is 12.6 Å². The van der Waals surface area contributed by atoms with E-state index in [1.165, 1.54) is 0 Å². The van der Waals surface area contributed by atoms with Crippen molar-refractivity contribution in [2.75, 3.05) is 18.1 Å². The van der Waals surface area contributed by atoms with Gasteiger partial charge in [0.1, 0.15) is 5.82 Å². The molecule has 0 aliphatic carbocycles. The van der Waals surface area contributed by atoms with Crippen LogP contribution < -0.4 is 11.1 Å². The van der Waals surface area contributed by atoms with Gasteiger partial charge in [0.15, 0.2) is 0 Å². The molecule has 1 unspecified atom stereocenters. The maximum atomic E-state index is 11.3. The molecule has 0 saturated carbocycles. The maximum Gasteiger partial charge on any atom is 0.220 e. The van der Waals surface area contributed by atoms with Gasteiger partial charge in [0.05, 0.1) is 21.0 Å². The van der Waals surface area contributed by atoms with Crippen LogP contribution in [0.2, 0.25) is 0 Å². The molecule has 0 bridgehead atoms. The van der Waals surface area contributed by atoms with Crippen molar-refractivity contribution >= 4 is 32.5 Å². The second-order valence-electron chi connectivity index (χ2n) is 2.80. The molecule has 1 aromatic rings. The van der Waals surface area contributed by atoms with Gasteiger partial charge in [0.25, 0.3) is 0 Å². The lowest BCUT2D eigenvalue weighted by atomic mass is 10.4. The van der Waals surface area contributed by atoms with Crippen LogP contribution in [0.25, 0.3) is 0 Å². The van der Waals surface area contributed by atoms with E-state index in [-0.39, 0.29) is 6.54 Å². The first kappa shape index (κ1) is 12.5. The molecule has 1 heterocycles. The van der Waals surface area contributed by atoms with Crippen molar-refractivity contribution in [1.29, 1.82) is 0 Å². The third-order valence-electron chi connectivity index (χ3n) is 1.69. The van der Waals surface area contributed by atoms with Gasteiger partial charge >= 0.3 is 0 Å². The van der Waals surface area contributed by atoms with Crippen molar-refractivity contribution < 1.29 is 4.21 Å². The summed E-state index contributed by atoms with van der Waals surface area (Å²) in [7, 11) is -1.20. The molecule has 3 N–H and O–H groups in total. The van der Waals surface area contributed by atoms with Gasteiger partial charge in [-0.3, -0.25) is 4.21 Å². The normalized spacial score (nSPS) is 12.5. The van der Waals surface area contributed by atoms with Crippen molar-refractivity contribution in [3.05, 3.63) is 10.2 Å². The largest absolute Gasteiger partial charge is 0.369 e. The monoisotopic (exact) mass is 292 g/mol. The van der Waals surface area contributed by atoms with Crippen molar-refractivity contribution in [3.8, 4) is 0 Å². The summed E-state index contributed by atoms with van der Waals surface area (Å²) < 4.78 is 12.0. The second kappa shape index (κ2) is 5.53. The molecular weight excluding hydrogens is 280 g/mol. The summed E-state index contributed by atoms with van der Waals surface area (Å²) in [4.78, 5) is 8.26. The quantitative estimate of drug-likeness (QED) is 0.805. The number of hydrogen-bond donors (Lipinski definition) is 2. The summed E-state index contributed by atoms with van der Waals surface area (Å²) in [6.45, 7) is 2.97. The maximum absolute atomic E-state index is 11.3. The van der Waals surface area contributed by atoms with E-state index in [1.54, 1.807) is 6.26 Å². The number of aromatic nitrogens is 2. The fraction of sp³-hybridized carbons (Fsp3) is 0.500. The number of hydrogen-bond acceptors (Lipinski definition) is 5. The average molecular weight is 293 g/mol. The number of halogens is 1. The molecule has 0 saturated heterocycles. The third-order valence-corrected chi connectivity index (χ3v) is 3.22. The summed E-state index contributed by atoms with van der Waals surface area (Å²) in [5.74, 6) is 0.637. The number of nitrogens with one attached hydrogen (secondary N) is 1. The molecule has 0 aromatic carbocycles. The standard InChI is InChI=1S/C8H13BrN4OS/c1-3-11-7-6(9)5(4-10)12-8(13-7)15(2)14/h3-4,10H2,1-2H3,(H,11,12,13). The number of anilines is 1. The van der Waals surface area contributed by atoms with Gasteiger partial charge in [-0.2, -0.15) is 0 Å². The average Bonchev–Trinajstić information content (AvgIpc) is 2.21. The summed E-state index contributed by atoms with van der Waals surface area (Å²) in [6, 6.07) is 0. The molecule has 7 heteroatoms. The smallest absolute Gasteiger partial charge is 0.220 e. The van der Waals surface area contributed by atoms with Crippen LogP contribution in [-0.2, 0) is 17.3 Å². The summed E-state index contributed by atoms with van der Waals surface area (Å²) in [5.41, 5.74) is 6.20. The Balaban J connectivity index is 3.25. The van der Waals surface area contributed by atoms with Gasteiger partial charge < -0.3 is 11.1 Å². The predicted octanol–water partition coefficient (Wildman–Crippen LogP) is 0.867. The minimum absolute atomic E-state index is 0.283. The first-order valence-corrected chi connectivity index (χ1v) is 6.79. The second-order valence-corrected chi connectivity index (χ2v) is 4.87. The van der Waals surface area contributed by atoms with Crippen molar-refractivity contribution in [2.45, 2.75) is 18.6 Å². The summed E-state index contributed by atoms with van der Waals surface area (Å²) >= 11 is 3.36. The Hall–Kier alpha value is -0.530. The van der Waals surface area contributed by atoms with E-state index in [0.717, 1.165) is 11.0 Å². The number of nitrogens with two attached hydrogens (primary N) is 1. The zero-order valence-corrected chi connectivity index (χ0v) is 11.0. The van der Waals surface area contributed by atoms with Crippen LogP contribution in [0.3, 0.4) is 0 Å². The predicted molar refractivity (Wildman–Crippen MR) is 64.1 cm³/mol. The fourth-order valence-corrected chi connectivity index (χ4v) is 1.96. The molecule has 0 aliphatic heterocycles. The first-order valence-electron chi connectivity index (χ1n) is 4.43. The lowest BCUT2D eigenvalue weighted by Crippen LogP contribution is -2.11. The van der Waals surface area contributed by atoms with Crippen LogP contribution in [0.5, 0.6) is 0 Å². The molecule has 5 nitrogen and oxygen atoms in total. The fourth-order valence-electron chi connectivity index (χ4n) is 1.02. The highest BCUT2D eigenvalue weighted by Gasteiger charge is 2.12. The van der Waals surface area contributed by atoms with E-state index < -0.39 is 10.8 Å². The molecule has 1 rings (SSSR count). The van der Waals surface area contributed by atoms with Gasteiger partial charge in [-0.1, -0.05) is 0 Å². The van der Waals surface area contributed by atoms with Gasteiger partial charge in [-0.15, -0.1) is 0 Å². The highest BCUT2D eigenvalue weighted by Crippen LogP contribution is 2.23. The Morgan fingerprint density at radius 2 is 2.20 bits per heavy atom. The Morgan fingerprint density at radius 3 is 2.67 bits per heavy atom. The van der Waals surface area contributed by atoms with Gasteiger partial charge in [-0.05, 0) is 22.9 Å². The van der Waals surface area contributed by atoms with Crippen LogP contribution >= 0.6 is 15.9 Å². The Kier molecular flexibility index (Phi) is 4.62. The summed E-state index contributed by atoms with van der Waals surface area (Å²) in [6.07, 6.45) is 1.54. The summed E-state index contributed by atoms with van der Waals surface area (Å²) in [5, 5.41) is 3.36. The van der Waals surface area contributed by atoms with E-state index >= 15 is 0 Å². The van der Waals surface area contributed by atoms with Crippen molar-refractivity contribution in [1.82, 2.24) is 9.97 Å². The van der Waals surface area contributed by atoms with Gasteiger partial charge in [0.2, 0.25) is 5.16 Å². The zero-order valence-electron chi connectivity index (χ0n) is 8.58. The van der Waals surface area contributed by atoms with E-state index in [2.05, 4.69) is 31.2 Å². The molecule has 0 aliphatic rings. The van der Waals surface area contributed by atoms with E-state index in [4.69, 9.17) is 5.73 Å². The van der Waals surface area contributed by atoms with Gasteiger partial charge in [0, 0.05) is 19.3 Å². The molecule has 15 heavy (non-hydrogen) atoms. The third kappa shape index (κ3) is 2.96. The molecule has 0 amide bonds. The SMILES string of the molecule is CCNc1nc(S(C)=O)nc(CN)c1Br. The topological polar surface area (TPSA) is 80.9 Å². The lowest BCUT2D eigenvalue weighted by Gasteiger charge is -2.09. The zero-order chi connectivity index (χ0) is 11.4. The van der Waals surface area contributed by atoms with Gasteiger partial charge in [-0.25, -0.2) is 9.97 Å². The highest BCUT2D eigenvalue weighted by atomic mass is 79.9. The molecular formula is C8H13BrN4OS. The number of rotatable bonds is 4. The van der Waals surface area contributed by atoms with Crippen LogP contribution in [0, 0.1) is 0 Å². The molecule has 84 valence electrons. The lowest BCUT2D eigenvalue weighted by molar-refractivity contribution is 0.678.